The summed E-state index contributed by atoms with van der Waals surface area (Å²) in [6.45, 7) is 1.73. The van der Waals surface area contributed by atoms with E-state index in [1.165, 1.54) is 12.1 Å². The van der Waals surface area contributed by atoms with Gasteiger partial charge >= 0.3 is 0 Å². The number of nitrogens with zero attached hydrogens (tertiary/aromatic N) is 3. The molecule has 25 heavy (non-hydrogen) atoms. The summed E-state index contributed by atoms with van der Waals surface area (Å²) >= 11 is 0. The van der Waals surface area contributed by atoms with Crippen molar-refractivity contribution in [3.05, 3.63) is 28.3 Å². The Morgan fingerprint density at radius 1 is 1.36 bits per heavy atom. The number of piperidine rings is 1. The Kier molecular flexibility index (Phi) is 6.33. The van der Waals surface area contributed by atoms with Crippen molar-refractivity contribution in [3.8, 4) is 0 Å². The third-order valence-corrected chi connectivity index (χ3v) is 5.57. The quantitative estimate of drug-likeness (QED) is 0.525. The van der Waals surface area contributed by atoms with Crippen molar-refractivity contribution in [2.24, 2.45) is 0 Å². The van der Waals surface area contributed by atoms with E-state index in [1.807, 2.05) is 19.0 Å². The molecular formula is C15H24N4O5S. The number of likely N-dealkylation sites (N-methyl/N-ethyl adjacent to an activating group) is 1. The summed E-state index contributed by atoms with van der Waals surface area (Å²) in [5, 5.41) is 21.0. The molecule has 0 bridgehead atoms. The van der Waals surface area contributed by atoms with E-state index >= 15 is 0 Å². The molecule has 0 aromatic heterocycles. The number of aliphatic hydroxyl groups excluding tert-OH is 1. The van der Waals surface area contributed by atoms with Gasteiger partial charge in [0.25, 0.3) is 5.69 Å². The Bertz CT molecular complexity index is 715. The molecule has 0 atom stereocenters. The molecule has 1 heterocycles. The summed E-state index contributed by atoms with van der Waals surface area (Å²) in [5.41, 5.74) is 0.135. The molecule has 0 unspecified atom stereocenters. The number of rotatable bonds is 7. The first kappa shape index (κ1) is 19.6. The first-order valence-electron chi connectivity index (χ1n) is 8.06. The van der Waals surface area contributed by atoms with Crippen LogP contribution in [-0.4, -0.2) is 69.7 Å². The van der Waals surface area contributed by atoms with Crippen LogP contribution in [0.3, 0.4) is 0 Å². The molecule has 0 saturated carbocycles. The molecule has 1 saturated heterocycles. The fraction of sp³-hybridized carbons (Fsp3) is 0.600. The number of sulfonamides is 1. The lowest BCUT2D eigenvalue weighted by molar-refractivity contribution is -0.384. The van der Waals surface area contributed by atoms with Crippen LogP contribution < -0.4 is 9.62 Å². The second-order valence-electron chi connectivity index (χ2n) is 6.33. The third kappa shape index (κ3) is 5.11. The van der Waals surface area contributed by atoms with Gasteiger partial charge in [0.2, 0.25) is 10.0 Å². The summed E-state index contributed by atoms with van der Waals surface area (Å²) < 4.78 is 27.1. The Balaban J connectivity index is 2.24. The number of hydrogen-bond acceptors (Lipinski definition) is 7. The molecule has 1 aromatic carbocycles. The summed E-state index contributed by atoms with van der Waals surface area (Å²) in [6, 6.07) is 3.94. The zero-order chi connectivity index (χ0) is 18.6. The zero-order valence-corrected chi connectivity index (χ0v) is 15.2. The minimum Gasteiger partial charge on any atom is -0.393 e. The molecule has 2 N–H and O–H groups in total. The van der Waals surface area contributed by atoms with Crippen LogP contribution in [0.25, 0.3) is 0 Å². The number of benzene rings is 1. The number of nitro groups is 1. The smallest absolute Gasteiger partial charge is 0.293 e. The molecule has 10 heteroatoms. The fourth-order valence-corrected chi connectivity index (χ4v) is 3.72. The molecule has 0 spiro atoms. The van der Waals surface area contributed by atoms with Crippen LogP contribution >= 0.6 is 0 Å². The van der Waals surface area contributed by atoms with Gasteiger partial charge in [0.15, 0.2) is 0 Å². The number of nitro benzene ring substituents is 1. The largest absolute Gasteiger partial charge is 0.393 e. The van der Waals surface area contributed by atoms with Gasteiger partial charge in [0.1, 0.15) is 5.69 Å². The molecule has 2 rings (SSSR count). The maximum absolute atomic E-state index is 12.3. The molecule has 0 radical (unpaired) electrons. The lowest BCUT2D eigenvalue weighted by atomic mass is 10.1. The normalized spacial score (nSPS) is 16.4. The number of anilines is 1. The van der Waals surface area contributed by atoms with E-state index < -0.39 is 21.1 Å². The molecule has 9 nitrogen and oxygen atoms in total. The van der Waals surface area contributed by atoms with Gasteiger partial charge in [0, 0.05) is 32.2 Å². The zero-order valence-electron chi connectivity index (χ0n) is 14.4. The van der Waals surface area contributed by atoms with Crippen LogP contribution in [-0.2, 0) is 10.0 Å². The molecule has 140 valence electrons. The van der Waals surface area contributed by atoms with Crippen LogP contribution in [0.1, 0.15) is 12.8 Å². The SMILES string of the molecule is CN(C)CCNS(=O)(=O)c1ccc(N2CCC(O)CC2)c([N+](=O)[O-])c1. The van der Waals surface area contributed by atoms with Crippen molar-refractivity contribution in [2.45, 2.75) is 23.8 Å². The van der Waals surface area contributed by atoms with Crippen LogP contribution in [0.4, 0.5) is 11.4 Å². The van der Waals surface area contributed by atoms with Gasteiger partial charge in [-0.2, -0.15) is 0 Å². The van der Waals surface area contributed by atoms with Gasteiger partial charge in [-0.1, -0.05) is 0 Å². The van der Waals surface area contributed by atoms with Crippen molar-refractivity contribution in [3.63, 3.8) is 0 Å². The summed E-state index contributed by atoms with van der Waals surface area (Å²) in [5.74, 6) is 0. The topological polar surface area (TPSA) is 116 Å². The van der Waals surface area contributed by atoms with Crippen LogP contribution in [0.5, 0.6) is 0 Å². The van der Waals surface area contributed by atoms with E-state index in [-0.39, 0.29) is 17.1 Å². The van der Waals surface area contributed by atoms with Gasteiger partial charge in [-0.3, -0.25) is 10.1 Å². The van der Waals surface area contributed by atoms with Gasteiger partial charge in [-0.05, 0) is 39.1 Å². The van der Waals surface area contributed by atoms with Gasteiger partial charge in [0.05, 0.1) is 15.9 Å². The first-order chi connectivity index (χ1) is 11.7. The second-order valence-corrected chi connectivity index (χ2v) is 8.09. The third-order valence-electron chi connectivity index (χ3n) is 4.11. The lowest BCUT2D eigenvalue weighted by Crippen LogP contribution is -2.36. The number of nitrogens with one attached hydrogen (secondary N) is 1. The summed E-state index contributed by atoms with van der Waals surface area (Å²) in [6.07, 6.45) is 0.669. The monoisotopic (exact) mass is 372 g/mol. The van der Waals surface area contributed by atoms with E-state index in [0.29, 0.717) is 38.2 Å². The highest BCUT2D eigenvalue weighted by atomic mass is 32.2. The molecule has 1 aromatic rings. The maximum atomic E-state index is 12.3. The number of hydrogen-bond donors (Lipinski definition) is 2. The lowest BCUT2D eigenvalue weighted by Gasteiger charge is -2.31. The highest BCUT2D eigenvalue weighted by Crippen LogP contribution is 2.32. The minimum atomic E-state index is -3.81. The minimum absolute atomic E-state index is 0.126. The predicted octanol–water partition coefficient (Wildman–Crippen LogP) is 0.396. The van der Waals surface area contributed by atoms with E-state index in [9.17, 15) is 23.6 Å². The molecule has 1 fully saturated rings. The average molecular weight is 372 g/mol. The maximum Gasteiger partial charge on any atom is 0.293 e. The van der Waals surface area contributed by atoms with Crippen molar-refractivity contribution in [1.82, 2.24) is 9.62 Å². The van der Waals surface area contributed by atoms with E-state index in [4.69, 9.17) is 0 Å². The highest BCUT2D eigenvalue weighted by Gasteiger charge is 2.26. The molecule has 1 aliphatic heterocycles. The van der Waals surface area contributed by atoms with Crippen LogP contribution in [0, 0.1) is 10.1 Å². The second kappa shape index (κ2) is 8.09. The molecule has 0 amide bonds. The van der Waals surface area contributed by atoms with E-state index in [0.717, 1.165) is 6.07 Å². The Hall–Kier alpha value is -1.75. The standard InChI is InChI=1S/C15H24N4O5S/c1-17(2)10-7-16-25(23,24)13-3-4-14(15(11-13)19(21)22)18-8-5-12(20)6-9-18/h3-4,11-12,16,20H,5-10H2,1-2H3. The van der Waals surface area contributed by atoms with Crippen molar-refractivity contribution < 1.29 is 18.4 Å². The first-order valence-corrected chi connectivity index (χ1v) is 9.55. The summed E-state index contributed by atoms with van der Waals surface area (Å²) in [4.78, 5) is 14.4. The highest BCUT2D eigenvalue weighted by molar-refractivity contribution is 7.89. The average Bonchev–Trinajstić information content (AvgIpc) is 2.54. The predicted molar refractivity (Wildman–Crippen MR) is 94.3 cm³/mol. The summed E-state index contributed by atoms with van der Waals surface area (Å²) in [7, 11) is -0.162. The Morgan fingerprint density at radius 2 is 2.00 bits per heavy atom. The number of aliphatic hydroxyl groups is 1. The van der Waals surface area contributed by atoms with Crippen LogP contribution in [0.2, 0.25) is 0 Å². The fourth-order valence-electron chi connectivity index (χ4n) is 2.68. The van der Waals surface area contributed by atoms with Gasteiger partial charge in [-0.25, -0.2) is 13.1 Å². The van der Waals surface area contributed by atoms with E-state index in [2.05, 4.69) is 4.72 Å². The molecular weight excluding hydrogens is 348 g/mol. The van der Waals surface area contributed by atoms with Crippen LogP contribution in [0.15, 0.2) is 23.1 Å². The van der Waals surface area contributed by atoms with Crippen molar-refractivity contribution >= 4 is 21.4 Å². The van der Waals surface area contributed by atoms with Crippen molar-refractivity contribution in [1.29, 1.82) is 0 Å². The molecule has 1 aliphatic rings. The van der Waals surface area contributed by atoms with Gasteiger partial charge < -0.3 is 14.9 Å². The van der Waals surface area contributed by atoms with E-state index in [1.54, 1.807) is 4.90 Å². The molecule has 0 aliphatic carbocycles. The Labute approximate surface area is 147 Å². The Morgan fingerprint density at radius 3 is 2.56 bits per heavy atom. The van der Waals surface area contributed by atoms with Gasteiger partial charge in [-0.15, -0.1) is 0 Å². The van der Waals surface area contributed by atoms with Crippen molar-refractivity contribution in [2.75, 3.05) is 45.2 Å².